The van der Waals surface area contributed by atoms with Crippen LogP contribution in [0.1, 0.15) is 32.1 Å². The number of ether oxygens (including phenoxy) is 1. The maximum atomic E-state index is 13.8. The summed E-state index contributed by atoms with van der Waals surface area (Å²) in [6.45, 7) is 1.49. The fourth-order valence-electron chi connectivity index (χ4n) is 3.08. The summed E-state index contributed by atoms with van der Waals surface area (Å²) in [7, 11) is 0. The molecule has 0 aromatic heterocycles. The third-order valence-electron chi connectivity index (χ3n) is 4.57. The molecule has 0 spiro atoms. The van der Waals surface area contributed by atoms with Gasteiger partial charge in [-0.25, -0.2) is 9.38 Å². The molecule has 0 saturated carbocycles. The van der Waals surface area contributed by atoms with Gasteiger partial charge in [0.25, 0.3) is 0 Å². The van der Waals surface area contributed by atoms with Gasteiger partial charge in [0.15, 0.2) is 6.40 Å². The highest BCUT2D eigenvalue weighted by atomic mass is 32.1. The Morgan fingerprint density at radius 1 is 1.32 bits per heavy atom. The van der Waals surface area contributed by atoms with E-state index in [1.165, 1.54) is 5.37 Å². The first-order valence-corrected chi connectivity index (χ1v) is 8.63. The summed E-state index contributed by atoms with van der Waals surface area (Å²) in [6, 6.07) is -0.670. The predicted octanol–water partition coefficient (Wildman–Crippen LogP) is 3.51. The van der Waals surface area contributed by atoms with Gasteiger partial charge >= 0.3 is 12.1 Å². The highest BCUT2D eigenvalue weighted by Crippen LogP contribution is 2.40. The van der Waals surface area contributed by atoms with Gasteiger partial charge in [0.2, 0.25) is 0 Å². The Bertz CT molecular complexity index is 557. The molecular formula is C16H20F4N2O2S. The molecule has 2 unspecified atom stereocenters. The third-order valence-corrected chi connectivity index (χ3v) is 4.85. The van der Waals surface area contributed by atoms with Crippen molar-refractivity contribution in [3.05, 3.63) is 11.4 Å². The van der Waals surface area contributed by atoms with Crippen molar-refractivity contribution in [3.63, 3.8) is 0 Å². The van der Waals surface area contributed by atoms with E-state index in [2.05, 4.69) is 10.3 Å². The molecule has 0 bridgehead atoms. The number of carbonyl (C=O) groups excluding carboxylic acids is 1. The van der Waals surface area contributed by atoms with Gasteiger partial charge in [-0.05, 0) is 44.7 Å². The molecule has 25 heavy (non-hydrogen) atoms. The smallest absolute Gasteiger partial charge is 0.415 e. The topological polar surface area (TPSA) is 50.7 Å². The number of hydrogen-bond acceptors (Lipinski definition) is 5. The van der Waals surface area contributed by atoms with Crippen LogP contribution in [0, 0.1) is 11.8 Å². The molecule has 1 saturated heterocycles. The molecule has 0 amide bonds. The molecule has 1 fully saturated rings. The van der Waals surface area contributed by atoms with Crippen molar-refractivity contribution in [2.75, 3.05) is 13.1 Å². The second-order valence-electron chi connectivity index (χ2n) is 6.23. The SMILES string of the molecule is O=C(OC=NC(C=S)C1CCC(C(F)(F)F)=C(F)C1)C1CCNCC1. The van der Waals surface area contributed by atoms with E-state index in [0.29, 0.717) is 12.8 Å². The van der Waals surface area contributed by atoms with Crippen LogP contribution >= 0.6 is 12.2 Å². The molecule has 0 radical (unpaired) electrons. The maximum absolute atomic E-state index is 13.8. The van der Waals surface area contributed by atoms with Gasteiger partial charge in [0, 0.05) is 11.8 Å². The average Bonchev–Trinajstić information content (AvgIpc) is 2.58. The Labute approximate surface area is 148 Å². The summed E-state index contributed by atoms with van der Waals surface area (Å²) in [5.41, 5.74) is -1.10. The molecule has 9 heteroatoms. The largest absolute Gasteiger partial charge is 0.415 e. The van der Waals surface area contributed by atoms with E-state index in [1.807, 2.05) is 0 Å². The fraction of sp³-hybridized carbons (Fsp3) is 0.688. The summed E-state index contributed by atoms with van der Waals surface area (Å²) in [5, 5.41) is 4.40. The third kappa shape index (κ3) is 5.57. The number of alkyl halides is 3. The van der Waals surface area contributed by atoms with Crippen molar-refractivity contribution in [1.29, 1.82) is 0 Å². The van der Waals surface area contributed by atoms with Crippen LogP contribution in [0.3, 0.4) is 0 Å². The summed E-state index contributed by atoms with van der Waals surface area (Å²) in [6.07, 6.45) is -2.94. The van der Waals surface area contributed by atoms with Crippen molar-refractivity contribution in [2.45, 2.75) is 44.3 Å². The van der Waals surface area contributed by atoms with Crippen LogP contribution in [-0.4, -0.2) is 43.0 Å². The zero-order chi connectivity index (χ0) is 18.4. The van der Waals surface area contributed by atoms with Crippen LogP contribution in [0.4, 0.5) is 17.6 Å². The quantitative estimate of drug-likeness (QED) is 0.261. The average molecular weight is 380 g/mol. The zero-order valence-corrected chi connectivity index (χ0v) is 14.3. The number of nitrogens with zero attached hydrogens (tertiary/aromatic N) is 1. The monoisotopic (exact) mass is 380 g/mol. The van der Waals surface area contributed by atoms with Crippen LogP contribution in [0.5, 0.6) is 0 Å². The van der Waals surface area contributed by atoms with E-state index in [4.69, 9.17) is 17.0 Å². The van der Waals surface area contributed by atoms with Crippen LogP contribution < -0.4 is 5.32 Å². The molecule has 1 aliphatic heterocycles. The van der Waals surface area contributed by atoms with Crippen molar-refractivity contribution in [2.24, 2.45) is 16.8 Å². The van der Waals surface area contributed by atoms with Crippen molar-refractivity contribution >= 4 is 30.0 Å². The van der Waals surface area contributed by atoms with Gasteiger partial charge in [-0.1, -0.05) is 12.2 Å². The van der Waals surface area contributed by atoms with Crippen molar-refractivity contribution < 1.29 is 27.1 Å². The summed E-state index contributed by atoms with van der Waals surface area (Å²) >= 11 is 4.85. The molecule has 1 heterocycles. The lowest BCUT2D eigenvalue weighted by Crippen LogP contribution is -2.32. The van der Waals surface area contributed by atoms with E-state index < -0.39 is 36.0 Å². The van der Waals surface area contributed by atoms with Gasteiger partial charge < -0.3 is 10.1 Å². The number of rotatable bonds is 5. The van der Waals surface area contributed by atoms with Gasteiger partial charge in [0.05, 0.1) is 17.5 Å². The molecule has 2 atom stereocenters. The van der Waals surface area contributed by atoms with Crippen molar-refractivity contribution in [3.8, 4) is 0 Å². The molecule has 1 aliphatic carbocycles. The number of thiocarbonyl (C=S) groups is 1. The Hall–Kier alpha value is -1.35. The van der Waals surface area contributed by atoms with E-state index in [-0.39, 0.29) is 24.7 Å². The molecule has 2 rings (SSSR count). The number of hydrogen-bond donors (Lipinski definition) is 1. The molecule has 1 N–H and O–H groups in total. The molecule has 4 nitrogen and oxygen atoms in total. The lowest BCUT2D eigenvalue weighted by Gasteiger charge is -2.27. The lowest BCUT2D eigenvalue weighted by atomic mass is 9.84. The highest BCUT2D eigenvalue weighted by Gasteiger charge is 2.40. The summed E-state index contributed by atoms with van der Waals surface area (Å²) < 4.78 is 56.7. The van der Waals surface area contributed by atoms with Gasteiger partial charge in [-0.3, -0.25) is 4.79 Å². The Morgan fingerprint density at radius 3 is 2.56 bits per heavy atom. The summed E-state index contributed by atoms with van der Waals surface area (Å²) in [5.74, 6) is -2.21. The minimum absolute atomic E-state index is 0.125. The van der Waals surface area contributed by atoms with Crippen LogP contribution in [0.25, 0.3) is 0 Å². The number of carbonyl (C=O) groups is 1. The summed E-state index contributed by atoms with van der Waals surface area (Å²) in [4.78, 5) is 15.9. The standard InChI is InChI=1S/C16H20F4N2O2S/c17-13-7-11(1-2-12(13)16(18,19)20)14(8-25)22-9-24-15(23)10-3-5-21-6-4-10/h8-11,14,21H,1-7H2. The normalized spacial score (nSPS) is 24.4. The Balaban J connectivity index is 1.91. The van der Waals surface area contributed by atoms with Gasteiger partial charge in [0.1, 0.15) is 5.83 Å². The van der Waals surface area contributed by atoms with E-state index >= 15 is 0 Å². The highest BCUT2D eigenvalue weighted by molar-refractivity contribution is 7.79. The minimum Gasteiger partial charge on any atom is -0.415 e. The zero-order valence-electron chi connectivity index (χ0n) is 13.5. The maximum Gasteiger partial charge on any atom is 0.415 e. The number of piperidine rings is 1. The minimum atomic E-state index is -4.64. The number of nitrogens with one attached hydrogen (secondary N) is 1. The van der Waals surface area contributed by atoms with Crippen LogP contribution in [-0.2, 0) is 9.53 Å². The van der Waals surface area contributed by atoms with E-state index in [1.54, 1.807) is 0 Å². The van der Waals surface area contributed by atoms with E-state index in [9.17, 15) is 22.4 Å². The van der Waals surface area contributed by atoms with Gasteiger partial charge in [-0.15, -0.1) is 0 Å². The van der Waals surface area contributed by atoms with Crippen LogP contribution in [0.2, 0.25) is 0 Å². The molecule has 140 valence electrons. The first kappa shape index (κ1) is 20.0. The second-order valence-corrected chi connectivity index (χ2v) is 6.50. The van der Waals surface area contributed by atoms with Crippen LogP contribution in [0.15, 0.2) is 16.4 Å². The lowest BCUT2D eigenvalue weighted by molar-refractivity contribution is -0.140. The first-order chi connectivity index (χ1) is 11.8. The predicted molar refractivity (Wildman–Crippen MR) is 89.2 cm³/mol. The first-order valence-electron chi connectivity index (χ1n) is 8.15. The number of aliphatic imine (C=N–C) groups is 1. The number of allylic oxidation sites excluding steroid dienone is 2. The van der Waals surface area contributed by atoms with E-state index in [0.717, 1.165) is 19.5 Å². The van der Waals surface area contributed by atoms with Crippen molar-refractivity contribution in [1.82, 2.24) is 5.32 Å². The molecule has 0 aromatic carbocycles. The fourth-order valence-corrected chi connectivity index (χ4v) is 3.37. The van der Waals surface area contributed by atoms with Gasteiger partial charge in [-0.2, -0.15) is 13.2 Å². The molecular weight excluding hydrogens is 360 g/mol. The molecule has 0 aromatic rings. The Kier molecular flexibility index (Phi) is 7.06. The Morgan fingerprint density at radius 2 is 2.00 bits per heavy atom. The molecule has 2 aliphatic rings. The number of esters is 1. The number of halogens is 4. The second kappa shape index (κ2) is 8.84.